The summed E-state index contributed by atoms with van der Waals surface area (Å²) in [6.45, 7) is 7.45. The maximum absolute atomic E-state index is 14.6. The van der Waals surface area contributed by atoms with Crippen LogP contribution in [-0.2, 0) is 21.6 Å². The SMILES string of the molecule is C=C(NCC1(C(F)(F)F)CC(C)(c2cccc3c2OCC3)O1)c1cnn(-c2cccc(C(=O)N3CCC[C@@H]3C(N)=O)c2)c1/N=C(/C)N. The van der Waals surface area contributed by atoms with Crippen LogP contribution in [0.1, 0.15) is 60.2 Å². The van der Waals surface area contributed by atoms with E-state index in [-0.39, 0.29) is 29.7 Å². The molecule has 0 spiro atoms. The number of carbonyl (C=O) groups is 2. The third-order valence-corrected chi connectivity index (χ3v) is 8.96. The van der Waals surface area contributed by atoms with Crippen molar-refractivity contribution in [1.82, 2.24) is 20.0 Å². The molecule has 3 aliphatic rings. The Labute approximate surface area is 269 Å². The van der Waals surface area contributed by atoms with E-state index in [0.717, 1.165) is 5.56 Å². The second kappa shape index (κ2) is 11.7. The molecule has 248 valence electrons. The highest BCUT2D eigenvalue weighted by Gasteiger charge is 2.68. The number of halogens is 3. The van der Waals surface area contributed by atoms with Gasteiger partial charge in [0, 0.05) is 36.2 Å². The molecule has 2 unspecified atom stereocenters. The number of fused-ring (bicyclic) bond motifs is 1. The number of hydrogen-bond donors (Lipinski definition) is 3. The summed E-state index contributed by atoms with van der Waals surface area (Å²) in [5.41, 5.74) is 10.5. The van der Waals surface area contributed by atoms with Crippen LogP contribution in [0.2, 0.25) is 0 Å². The van der Waals surface area contributed by atoms with Gasteiger partial charge in [-0.3, -0.25) is 9.59 Å². The molecular weight excluding hydrogens is 615 g/mol. The zero-order chi connectivity index (χ0) is 33.7. The zero-order valence-corrected chi connectivity index (χ0v) is 26.1. The molecule has 4 heterocycles. The van der Waals surface area contributed by atoms with E-state index in [0.29, 0.717) is 60.5 Å². The lowest BCUT2D eigenvalue weighted by molar-refractivity contribution is -0.382. The predicted molar refractivity (Wildman–Crippen MR) is 168 cm³/mol. The molecule has 0 saturated carbocycles. The average Bonchev–Trinajstić information content (AvgIpc) is 3.77. The largest absolute Gasteiger partial charge is 0.493 e. The van der Waals surface area contributed by atoms with Crippen molar-refractivity contribution >= 4 is 29.2 Å². The minimum Gasteiger partial charge on any atom is -0.493 e. The number of likely N-dealkylation sites (tertiary alicyclic amines) is 1. The van der Waals surface area contributed by atoms with Crippen molar-refractivity contribution in [2.75, 3.05) is 19.7 Å². The van der Waals surface area contributed by atoms with E-state index in [1.165, 1.54) is 15.8 Å². The Bertz CT molecular complexity index is 1770. The summed E-state index contributed by atoms with van der Waals surface area (Å²) in [4.78, 5) is 31.0. The Kier molecular flexibility index (Phi) is 8.02. The lowest BCUT2D eigenvalue weighted by Crippen LogP contribution is -2.68. The Balaban J connectivity index is 1.24. The summed E-state index contributed by atoms with van der Waals surface area (Å²) >= 11 is 0. The molecule has 14 heteroatoms. The van der Waals surface area contributed by atoms with E-state index in [9.17, 15) is 22.8 Å². The van der Waals surface area contributed by atoms with Crippen molar-refractivity contribution < 1.29 is 32.2 Å². The van der Waals surface area contributed by atoms with Crippen LogP contribution >= 0.6 is 0 Å². The Morgan fingerprint density at radius 1 is 1.21 bits per heavy atom. The molecule has 47 heavy (non-hydrogen) atoms. The van der Waals surface area contributed by atoms with Crippen LogP contribution < -0.4 is 21.5 Å². The number of primary amides is 1. The van der Waals surface area contributed by atoms with Gasteiger partial charge in [-0.05, 0) is 50.5 Å². The van der Waals surface area contributed by atoms with Gasteiger partial charge in [-0.25, -0.2) is 9.67 Å². The van der Waals surface area contributed by atoms with Gasteiger partial charge in [0.2, 0.25) is 5.91 Å². The zero-order valence-electron chi connectivity index (χ0n) is 26.1. The van der Waals surface area contributed by atoms with Crippen molar-refractivity contribution in [3.63, 3.8) is 0 Å². The Hall–Kier alpha value is -4.85. The highest BCUT2D eigenvalue weighted by atomic mass is 19.4. The number of hydrogen-bond acceptors (Lipinski definition) is 7. The highest BCUT2D eigenvalue weighted by Crippen LogP contribution is 2.57. The fraction of sp³-hybridized carbons (Fsp3) is 0.394. The van der Waals surface area contributed by atoms with Gasteiger partial charge in [-0.2, -0.15) is 18.3 Å². The first-order chi connectivity index (χ1) is 22.2. The van der Waals surface area contributed by atoms with Gasteiger partial charge in [0.05, 0.1) is 42.0 Å². The number of aromatic nitrogens is 2. The molecule has 1 aromatic heterocycles. The van der Waals surface area contributed by atoms with Crippen molar-refractivity contribution in [1.29, 1.82) is 0 Å². The van der Waals surface area contributed by atoms with Gasteiger partial charge in [0.15, 0.2) is 11.4 Å². The van der Waals surface area contributed by atoms with Gasteiger partial charge in [-0.1, -0.05) is 30.8 Å². The number of nitrogens with zero attached hydrogens (tertiary/aromatic N) is 4. The molecule has 0 aliphatic carbocycles. The minimum atomic E-state index is -4.69. The van der Waals surface area contributed by atoms with Crippen molar-refractivity contribution in [3.8, 4) is 11.4 Å². The van der Waals surface area contributed by atoms with Crippen LogP contribution in [0.15, 0.2) is 60.2 Å². The molecule has 5 N–H and O–H groups in total. The van der Waals surface area contributed by atoms with Gasteiger partial charge >= 0.3 is 6.18 Å². The molecule has 3 aromatic rings. The first-order valence-corrected chi connectivity index (χ1v) is 15.3. The number of amides is 2. The number of nitrogens with two attached hydrogens (primary N) is 2. The number of para-hydroxylation sites is 1. The molecule has 2 aromatic carbocycles. The van der Waals surface area contributed by atoms with Gasteiger partial charge in [0.1, 0.15) is 11.8 Å². The third-order valence-electron chi connectivity index (χ3n) is 8.96. The van der Waals surface area contributed by atoms with Crippen molar-refractivity contribution in [2.24, 2.45) is 16.5 Å². The second-order valence-electron chi connectivity index (χ2n) is 12.4. The summed E-state index contributed by atoms with van der Waals surface area (Å²) in [5.74, 6) is 0.0295. The summed E-state index contributed by atoms with van der Waals surface area (Å²) in [6, 6.07) is 11.3. The number of rotatable bonds is 9. The number of ether oxygens (including phenoxy) is 2. The summed E-state index contributed by atoms with van der Waals surface area (Å²) < 4.78 is 56.7. The average molecular weight is 652 g/mol. The second-order valence-corrected chi connectivity index (χ2v) is 12.4. The van der Waals surface area contributed by atoms with Crippen LogP contribution in [-0.4, -0.2) is 69.8 Å². The molecule has 11 nitrogen and oxygen atoms in total. The van der Waals surface area contributed by atoms with E-state index in [4.69, 9.17) is 20.9 Å². The standard InChI is InChI=1S/C33H36F3N7O4/c1-19(39-18-32(33(34,35)36)17-31(3,47-32)25-10-5-7-21-12-14-46-27(21)25)24-16-40-43(29(24)41-20(2)37)23-9-4-8-22(15-23)30(45)42-13-6-11-26(42)28(38)44/h4-5,7-10,15-16,26,39H,1,6,11-14,17-18H2,2-3H3,(H2,37,41)(H2,38,44)/t26-,31?,32?/m1/s1. The normalized spacial score (nSPS) is 24.0. The van der Waals surface area contributed by atoms with Crippen LogP contribution in [0.4, 0.5) is 19.0 Å². The van der Waals surface area contributed by atoms with Crippen LogP contribution in [0, 0.1) is 0 Å². The van der Waals surface area contributed by atoms with E-state index in [1.54, 1.807) is 50.2 Å². The fourth-order valence-electron chi connectivity index (χ4n) is 6.71. The van der Waals surface area contributed by atoms with Gasteiger partial charge < -0.3 is 31.2 Å². The van der Waals surface area contributed by atoms with Gasteiger partial charge in [0.25, 0.3) is 5.91 Å². The lowest BCUT2D eigenvalue weighted by atomic mass is 9.74. The van der Waals surface area contributed by atoms with Crippen LogP contribution in [0.3, 0.4) is 0 Å². The maximum atomic E-state index is 14.6. The fourth-order valence-corrected chi connectivity index (χ4v) is 6.71. The summed E-state index contributed by atoms with van der Waals surface area (Å²) in [5, 5.41) is 7.22. The molecule has 0 radical (unpaired) electrons. The van der Waals surface area contributed by atoms with E-state index in [1.807, 2.05) is 6.07 Å². The quantitative estimate of drug-likeness (QED) is 0.233. The lowest BCUT2D eigenvalue weighted by Gasteiger charge is -2.55. The third kappa shape index (κ3) is 5.70. The van der Waals surface area contributed by atoms with E-state index in [2.05, 4.69) is 22.0 Å². The smallest absolute Gasteiger partial charge is 0.419 e. The van der Waals surface area contributed by atoms with Crippen LogP contribution in [0.25, 0.3) is 11.4 Å². The molecule has 2 saturated heterocycles. The number of carbonyl (C=O) groups excluding carboxylic acids is 2. The molecule has 6 rings (SSSR count). The molecule has 3 atom stereocenters. The van der Waals surface area contributed by atoms with Crippen LogP contribution in [0.5, 0.6) is 5.75 Å². The first kappa shape index (κ1) is 32.1. The van der Waals surface area contributed by atoms with Crippen molar-refractivity contribution in [3.05, 3.63) is 77.5 Å². The molecule has 3 aliphatic heterocycles. The first-order valence-electron chi connectivity index (χ1n) is 15.3. The number of aliphatic imine (C=N–C) groups is 1. The van der Waals surface area contributed by atoms with E-state index < -0.39 is 35.9 Å². The number of nitrogens with one attached hydrogen (secondary N) is 1. The predicted octanol–water partition coefficient (Wildman–Crippen LogP) is 4.10. The number of alkyl halides is 3. The highest BCUT2D eigenvalue weighted by molar-refractivity contribution is 5.98. The molecule has 0 bridgehead atoms. The summed E-state index contributed by atoms with van der Waals surface area (Å²) in [6.07, 6.45) is -1.76. The molecular formula is C33H36F3N7O4. The number of benzene rings is 2. The number of amidine groups is 1. The van der Waals surface area contributed by atoms with Gasteiger partial charge in [-0.15, -0.1) is 0 Å². The van der Waals surface area contributed by atoms with Crippen molar-refractivity contribution in [2.45, 2.75) is 63.0 Å². The Morgan fingerprint density at radius 3 is 2.66 bits per heavy atom. The van der Waals surface area contributed by atoms with E-state index >= 15 is 0 Å². The topological polar surface area (TPSA) is 150 Å². The monoisotopic (exact) mass is 651 g/mol. The maximum Gasteiger partial charge on any atom is 0.419 e. The molecule has 2 fully saturated rings. The minimum absolute atomic E-state index is 0.120. The summed E-state index contributed by atoms with van der Waals surface area (Å²) in [7, 11) is 0. The molecule has 2 amide bonds. The Morgan fingerprint density at radius 2 is 1.96 bits per heavy atom.